The fourth-order valence-corrected chi connectivity index (χ4v) is 2.32. The predicted molar refractivity (Wildman–Crippen MR) is 86.6 cm³/mol. The van der Waals surface area contributed by atoms with Crippen molar-refractivity contribution in [2.45, 2.75) is 6.54 Å². The van der Waals surface area contributed by atoms with Crippen molar-refractivity contribution in [1.29, 1.82) is 0 Å². The van der Waals surface area contributed by atoms with Crippen molar-refractivity contribution in [1.82, 2.24) is 15.5 Å². The van der Waals surface area contributed by atoms with Gasteiger partial charge in [-0.25, -0.2) is 8.78 Å². The maximum Gasteiger partial charge on any atom is 0.269 e. The van der Waals surface area contributed by atoms with Crippen molar-refractivity contribution in [3.05, 3.63) is 76.4 Å². The number of aromatic amines is 1. The fraction of sp³-hybridized carbons (Fsp3) is 0.0588. The van der Waals surface area contributed by atoms with Crippen molar-refractivity contribution in [2.75, 3.05) is 0 Å². The molecule has 3 aromatic rings. The van der Waals surface area contributed by atoms with Crippen LogP contribution in [0.1, 0.15) is 16.1 Å². The average molecular weight is 348 g/mol. The second-order valence-corrected chi connectivity index (χ2v) is 5.57. The Kier molecular flexibility index (Phi) is 4.57. The molecule has 0 spiro atoms. The molecule has 122 valence electrons. The van der Waals surface area contributed by atoms with E-state index in [1.54, 1.807) is 30.3 Å². The molecule has 2 aromatic carbocycles. The van der Waals surface area contributed by atoms with Gasteiger partial charge in [0.05, 0.1) is 5.69 Å². The van der Waals surface area contributed by atoms with Gasteiger partial charge in [0.1, 0.15) is 17.3 Å². The Morgan fingerprint density at radius 1 is 1.08 bits per heavy atom. The van der Waals surface area contributed by atoms with Gasteiger partial charge in [-0.1, -0.05) is 23.7 Å². The summed E-state index contributed by atoms with van der Waals surface area (Å²) < 4.78 is 26.2. The third kappa shape index (κ3) is 3.78. The van der Waals surface area contributed by atoms with Crippen LogP contribution in [0.2, 0.25) is 5.02 Å². The molecule has 1 aromatic heterocycles. The zero-order chi connectivity index (χ0) is 17.1. The molecular weight excluding hydrogens is 336 g/mol. The van der Waals surface area contributed by atoms with Crippen LogP contribution in [0.4, 0.5) is 8.78 Å². The quantitative estimate of drug-likeness (QED) is 0.751. The van der Waals surface area contributed by atoms with E-state index in [1.165, 1.54) is 0 Å². The molecule has 0 bridgehead atoms. The zero-order valence-electron chi connectivity index (χ0n) is 12.3. The smallest absolute Gasteiger partial charge is 0.269 e. The molecule has 3 rings (SSSR count). The predicted octanol–water partition coefficient (Wildman–Crippen LogP) is 3.94. The zero-order valence-corrected chi connectivity index (χ0v) is 13.1. The molecule has 24 heavy (non-hydrogen) atoms. The molecule has 7 heteroatoms. The summed E-state index contributed by atoms with van der Waals surface area (Å²) in [5.74, 6) is -1.80. The Labute approximate surface area is 141 Å². The number of carbonyl (C=O) groups is 1. The van der Waals surface area contributed by atoms with Crippen molar-refractivity contribution < 1.29 is 13.6 Å². The number of benzene rings is 2. The van der Waals surface area contributed by atoms with Crippen LogP contribution in [0.5, 0.6) is 0 Å². The van der Waals surface area contributed by atoms with Gasteiger partial charge in [-0.05, 0) is 35.9 Å². The highest BCUT2D eigenvalue weighted by atomic mass is 35.5. The van der Waals surface area contributed by atoms with E-state index in [2.05, 4.69) is 15.5 Å². The Bertz CT molecular complexity index is 858. The number of rotatable bonds is 4. The number of aromatic nitrogens is 2. The molecule has 0 unspecified atom stereocenters. The minimum Gasteiger partial charge on any atom is -0.347 e. The van der Waals surface area contributed by atoms with E-state index in [4.69, 9.17) is 11.6 Å². The van der Waals surface area contributed by atoms with E-state index >= 15 is 0 Å². The summed E-state index contributed by atoms with van der Waals surface area (Å²) in [4.78, 5) is 12.1. The second-order valence-electron chi connectivity index (χ2n) is 5.13. The van der Waals surface area contributed by atoms with Crippen LogP contribution < -0.4 is 5.32 Å². The number of halogens is 3. The maximum atomic E-state index is 13.1. The van der Waals surface area contributed by atoms with Gasteiger partial charge in [0.25, 0.3) is 5.91 Å². The summed E-state index contributed by atoms with van der Waals surface area (Å²) in [6, 6.07) is 11.7. The summed E-state index contributed by atoms with van der Waals surface area (Å²) in [7, 11) is 0. The van der Waals surface area contributed by atoms with Gasteiger partial charge in [0.15, 0.2) is 0 Å². The SMILES string of the molecule is O=C(NCc1cc(F)cc(F)c1)c1cc(-c2ccc(Cl)cc2)n[nH]1. The van der Waals surface area contributed by atoms with Gasteiger partial charge in [-0.3, -0.25) is 9.89 Å². The molecule has 2 N–H and O–H groups in total. The first-order chi connectivity index (χ1) is 11.5. The summed E-state index contributed by atoms with van der Waals surface area (Å²) in [5.41, 5.74) is 1.98. The van der Waals surface area contributed by atoms with E-state index in [0.29, 0.717) is 16.3 Å². The molecule has 0 aliphatic rings. The van der Waals surface area contributed by atoms with Crippen molar-refractivity contribution in [3.8, 4) is 11.3 Å². The number of H-pyrrole nitrogens is 1. The molecule has 0 saturated carbocycles. The van der Waals surface area contributed by atoms with Crippen LogP contribution in [0.25, 0.3) is 11.3 Å². The van der Waals surface area contributed by atoms with Crippen LogP contribution in [-0.2, 0) is 6.54 Å². The van der Waals surface area contributed by atoms with Crippen LogP contribution in [0, 0.1) is 11.6 Å². The molecule has 4 nitrogen and oxygen atoms in total. The molecule has 0 atom stereocenters. The molecule has 1 heterocycles. The van der Waals surface area contributed by atoms with E-state index in [9.17, 15) is 13.6 Å². The van der Waals surface area contributed by atoms with Gasteiger partial charge in [0, 0.05) is 23.2 Å². The summed E-state index contributed by atoms with van der Waals surface area (Å²) in [6.07, 6.45) is 0. The van der Waals surface area contributed by atoms with E-state index in [-0.39, 0.29) is 12.2 Å². The molecular formula is C17H12ClF2N3O. The number of hydrogen-bond acceptors (Lipinski definition) is 2. The van der Waals surface area contributed by atoms with Crippen molar-refractivity contribution in [3.63, 3.8) is 0 Å². The topological polar surface area (TPSA) is 57.8 Å². The normalized spacial score (nSPS) is 10.6. The summed E-state index contributed by atoms with van der Waals surface area (Å²) >= 11 is 5.83. The number of amides is 1. The van der Waals surface area contributed by atoms with Crippen molar-refractivity contribution in [2.24, 2.45) is 0 Å². The third-order valence-electron chi connectivity index (χ3n) is 3.34. The van der Waals surface area contributed by atoms with Crippen LogP contribution in [-0.4, -0.2) is 16.1 Å². The highest BCUT2D eigenvalue weighted by Crippen LogP contribution is 2.20. The molecule has 0 aliphatic heterocycles. The molecule has 0 fully saturated rings. The standard InChI is InChI=1S/C17H12ClF2N3O/c18-12-3-1-11(2-4-12)15-8-16(23-22-15)17(24)21-9-10-5-13(19)7-14(20)6-10/h1-8H,9H2,(H,21,24)(H,22,23). The van der Waals surface area contributed by atoms with Crippen LogP contribution in [0.15, 0.2) is 48.5 Å². The van der Waals surface area contributed by atoms with Gasteiger partial charge in [0.2, 0.25) is 0 Å². The second kappa shape index (κ2) is 6.80. The first-order valence-corrected chi connectivity index (χ1v) is 7.43. The Balaban J connectivity index is 1.68. The Morgan fingerprint density at radius 3 is 2.42 bits per heavy atom. The molecule has 0 aliphatic carbocycles. The average Bonchev–Trinajstić information content (AvgIpc) is 3.02. The maximum absolute atomic E-state index is 13.1. The summed E-state index contributed by atoms with van der Waals surface area (Å²) in [5, 5.41) is 9.89. The fourth-order valence-electron chi connectivity index (χ4n) is 2.20. The highest BCUT2D eigenvalue weighted by molar-refractivity contribution is 6.30. The molecule has 0 saturated heterocycles. The minimum absolute atomic E-state index is 0.00279. The largest absolute Gasteiger partial charge is 0.347 e. The first kappa shape index (κ1) is 16.1. The number of carbonyl (C=O) groups excluding carboxylic acids is 1. The molecule has 0 radical (unpaired) electrons. The van der Waals surface area contributed by atoms with Gasteiger partial charge in [-0.15, -0.1) is 0 Å². The Hall–Kier alpha value is -2.73. The highest BCUT2D eigenvalue weighted by Gasteiger charge is 2.11. The molecule has 1 amide bonds. The minimum atomic E-state index is -0.689. The number of hydrogen-bond donors (Lipinski definition) is 2. The lowest BCUT2D eigenvalue weighted by Crippen LogP contribution is -2.23. The Morgan fingerprint density at radius 2 is 1.75 bits per heavy atom. The van der Waals surface area contributed by atoms with E-state index < -0.39 is 17.5 Å². The van der Waals surface area contributed by atoms with Crippen LogP contribution in [0.3, 0.4) is 0 Å². The third-order valence-corrected chi connectivity index (χ3v) is 3.59. The lowest BCUT2D eigenvalue weighted by atomic mass is 10.1. The van der Waals surface area contributed by atoms with E-state index in [1.807, 2.05) is 0 Å². The van der Waals surface area contributed by atoms with Gasteiger partial charge in [-0.2, -0.15) is 5.10 Å². The number of nitrogens with zero attached hydrogens (tertiary/aromatic N) is 1. The lowest BCUT2D eigenvalue weighted by molar-refractivity contribution is 0.0945. The lowest BCUT2D eigenvalue weighted by Gasteiger charge is -2.04. The van der Waals surface area contributed by atoms with E-state index in [0.717, 1.165) is 23.8 Å². The summed E-state index contributed by atoms with van der Waals surface area (Å²) in [6.45, 7) is 0.00279. The van der Waals surface area contributed by atoms with Crippen molar-refractivity contribution >= 4 is 17.5 Å². The van der Waals surface area contributed by atoms with Crippen LogP contribution >= 0.6 is 11.6 Å². The first-order valence-electron chi connectivity index (χ1n) is 7.06. The van der Waals surface area contributed by atoms with Gasteiger partial charge < -0.3 is 5.32 Å². The number of nitrogens with one attached hydrogen (secondary N) is 2. The monoisotopic (exact) mass is 347 g/mol. The van der Waals surface area contributed by atoms with Gasteiger partial charge >= 0.3 is 0 Å².